The third-order valence-corrected chi connectivity index (χ3v) is 3.26. The molecule has 0 aliphatic carbocycles. The SMILES string of the molecule is NCc1nc2scc(-c3ccc(F)cc3)n2n1. The van der Waals surface area contributed by atoms with Crippen molar-refractivity contribution in [1.29, 1.82) is 0 Å². The Morgan fingerprint density at radius 2 is 2.06 bits per heavy atom. The van der Waals surface area contributed by atoms with Gasteiger partial charge in [-0.05, 0) is 24.3 Å². The Morgan fingerprint density at radius 3 is 2.76 bits per heavy atom. The summed E-state index contributed by atoms with van der Waals surface area (Å²) in [4.78, 5) is 5.06. The molecule has 0 bridgehead atoms. The van der Waals surface area contributed by atoms with Crippen LogP contribution in [0.5, 0.6) is 0 Å². The lowest BCUT2D eigenvalue weighted by Crippen LogP contribution is -1.99. The summed E-state index contributed by atoms with van der Waals surface area (Å²) in [6.07, 6.45) is 0. The molecule has 0 unspecified atom stereocenters. The van der Waals surface area contributed by atoms with Gasteiger partial charge >= 0.3 is 0 Å². The lowest BCUT2D eigenvalue weighted by atomic mass is 10.2. The first kappa shape index (κ1) is 10.4. The number of hydrogen-bond donors (Lipinski definition) is 1. The molecule has 4 nitrogen and oxygen atoms in total. The molecule has 2 N–H and O–H groups in total. The number of benzene rings is 1. The van der Waals surface area contributed by atoms with E-state index in [1.54, 1.807) is 16.6 Å². The molecule has 0 aliphatic heterocycles. The van der Waals surface area contributed by atoms with Crippen molar-refractivity contribution in [2.45, 2.75) is 6.54 Å². The second kappa shape index (κ2) is 3.90. The van der Waals surface area contributed by atoms with E-state index in [-0.39, 0.29) is 5.82 Å². The van der Waals surface area contributed by atoms with E-state index in [0.717, 1.165) is 16.2 Å². The summed E-state index contributed by atoms with van der Waals surface area (Å²) in [7, 11) is 0. The van der Waals surface area contributed by atoms with Gasteiger partial charge in [-0.25, -0.2) is 13.9 Å². The molecular weight excluding hydrogens is 239 g/mol. The summed E-state index contributed by atoms with van der Waals surface area (Å²) in [6, 6.07) is 6.31. The van der Waals surface area contributed by atoms with E-state index in [9.17, 15) is 4.39 Å². The Morgan fingerprint density at radius 1 is 1.29 bits per heavy atom. The number of aromatic nitrogens is 3. The zero-order valence-corrected chi connectivity index (χ0v) is 9.62. The van der Waals surface area contributed by atoms with Gasteiger partial charge in [-0.15, -0.1) is 16.4 Å². The molecule has 3 rings (SSSR count). The topological polar surface area (TPSA) is 56.2 Å². The fourth-order valence-corrected chi connectivity index (χ4v) is 2.48. The molecule has 2 aromatic heterocycles. The van der Waals surface area contributed by atoms with Gasteiger partial charge in [0.1, 0.15) is 5.82 Å². The second-order valence-corrected chi connectivity index (χ2v) is 4.39. The summed E-state index contributed by atoms with van der Waals surface area (Å²) in [6.45, 7) is 0.317. The first-order chi connectivity index (χ1) is 8.28. The van der Waals surface area contributed by atoms with Crippen LogP contribution in [0.4, 0.5) is 4.39 Å². The van der Waals surface area contributed by atoms with Crippen molar-refractivity contribution in [3.63, 3.8) is 0 Å². The average molecular weight is 248 g/mol. The minimum atomic E-state index is -0.249. The van der Waals surface area contributed by atoms with Crippen molar-refractivity contribution in [3.8, 4) is 11.3 Å². The number of fused-ring (bicyclic) bond motifs is 1. The number of nitrogens with zero attached hydrogens (tertiary/aromatic N) is 3. The summed E-state index contributed by atoms with van der Waals surface area (Å²) >= 11 is 1.49. The van der Waals surface area contributed by atoms with Crippen molar-refractivity contribution in [1.82, 2.24) is 14.6 Å². The summed E-state index contributed by atoms with van der Waals surface area (Å²) < 4.78 is 14.6. The summed E-state index contributed by atoms with van der Waals surface area (Å²) in [5, 5.41) is 6.23. The summed E-state index contributed by atoms with van der Waals surface area (Å²) in [5.41, 5.74) is 7.31. The molecule has 0 saturated carbocycles. The van der Waals surface area contributed by atoms with Gasteiger partial charge < -0.3 is 5.73 Å². The molecule has 0 atom stereocenters. The van der Waals surface area contributed by atoms with Crippen molar-refractivity contribution in [2.75, 3.05) is 0 Å². The van der Waals surface area contributed by atoms with E-state index in [1.807, 2.05) is 5.38 Å². The number of thiazole rings is 1. The quantitative estimate of drug-likeness (QED) is 0.755. The zero-order valence-electron chi connectivity index (χ0n) is 8.80. The highest BCUT2D eigenvalue weighted by molar-refractivity contribution is 7.15. The predicted molar refractivity (Wildman–Crippen MR) is 64.1 cm³/mol. The smallest absolute Gasteiger partial charge is 0.212 e. The Labute approximate surface area is 101 Å². The normalized spacial score (nSPS) is 11.2. The third kappa shape index (κ3) is 1.71. The van der Waals surface area contributed by atoms with Gasteiger partial charge in [0.25, 0.3) is 0 Å². The Bertz CT molecular complexity index is 656. The van der Waals surface area contributed by atoms with Crippen LogP contribution in [-0.2, 0) is 6.54 Å². The zero-order chi connectivity index (χ0) is 11.8. The molecular formula is C11H9FN4S. The molecule has 0 aliphatic rings. The second-order valence-electron chi connectivity index (χ2n) is 3.55. The molecule has 0 saturated heterocycles. The van der Waals surface area contributed by atoms with Crippen LogP contribution in [0.25, 0.3) is 16.2 Å². The highest BCUT2D eigenvalue weighted by Gasteiger charge is 2.10. The fraction of sp³-hybridized carbons (Fsp3) is 0.0909. The lowest BCUT2D eigenvalue weighted by molar-refractivity contribution is 0.628. The van der Waals surface area contributed by atoms with Crippen LogP contribution in [0.2, 0.25) is 0 Å². The maximum atomic E-state index is 12.9. The Kier molecular flexibility index (Phi) is 2.38. The van der Waals surface area contributed by atoms with Crippen molar-refractivity contribution in [3.05, 3.63) is 41.3 Å². The van der Waals surface area contributed by atoms with Crippen molar-refractivity contribution in [2.24, 2.45) is 5.73 Å². The van der Waals surface area contributed by atoms with Gasteiger partial charge in [0.2, 0.25) is 4.96 Å². The largest absolute Gasteiger partial charge is 0.324 e. The van der Waals surface area contributed by atoms with Gasteiger partial charge in [0.15, 0.2) is 5.82 Å². The lowest BCUT2D eigenvalue weighted by Gasteiger charge is -1.97. The molecule has 86 valence electrons. The number of hydrogen-bond acceptors (Lipinski definition) is 4. The number of nitrogens with two attached hydrogens (primary N) is 1. The van der Waals surface area contributed by atoms with Gasteiger partial charge in [-0.3, -0.25) is 0 Å². The maximum absolute atomic E-state index is 12.9. The van der Waals surface area contributed by atoms with Crippen LogP contribution < -0.4 is 5.73 Å². The Balaban J connectivity index is 2.16. The van der Waals surface area contributed by atoms with Gasteiger partial charge in [-0.2, -0.15) is 0 Å². The van der Waals surface area contributed by atoms with Crippen molar-refractivity contribution < 1.29 is 4.39 Å². The predicted octanol–water partition coefficient (Wildman–Crippen LogP) is 2.06. The Hall–Kier alpha value is -1.79. The average Bonchev–Trinajstić information content (AvgIpc) is 2.89. The molecule has 1 aromatic carbocycles. The molecule has 6 heteroatoms. The standard InChI is InChI=1S/C11H9FN4S/c12-8-3-1-7(2-4-8)9-6-17-11-14-10(5-13)15-16(9)11/h1-4,6H,5,13H2. The van der Waals surface area contributed by atoms with E-state index in [2.05, 4.69) is 10.1 Å². The molecule has 3 aromatic rings. The maximum Gasteiger partial charge on any atom is 0.212 e. The van der Waals surface area contributed by atoms with Crippen LogP contribution in [0.15, 0.2) is 29.6 Å². The van der Waals surface area contributed by atoms with Crippen LogP contribution >= 0.6 is 11.3 Å². The molecule has 0 fully saturated rings. The van der Waals surface area contributed by atoms with Gasteiger partial charge in [0.05, 0.1) is 12.2 Å². The van der Waals surface area contributed by atoms with Gasteiger partial charge in [-0.1, -0.05) is 0 Å². The van der Waals surface area contributed by atoms with Crippen LogP contribution in [-0.4, -0.2) is 14.6 Å². The minimum Gasteiger partial charge on any atom is -0.324 e. The first-order valence-electron chi connectivity index (χ1n) is 5.07. The molecule has 0 spiro atoms. The first-order valence-corrected chi connectivity index (χ1v) is 5.95. The van der Waals surface area contributed by atoms with E-state index in [1.165, 1.54) is 23.5 Å². The highest BCUT2D eigenvalue weighted by Crippen LogP contribution is 2.25. The molecule has 0 amide bonds. The molecule has 0 radical (unpaired) electrons. The third-order valence-electron chi connectivity index (χ3n) is 2.45. The minimum absolute atomic E-state index is 0.249. The van der Waals surface area contributed by atoms with E-state index >= 15 is 0 Å². The van der Waals surface area contributed by atoms with E-state index in [0.29, 0.717) is 12.4 Å². The monoisotopic (exact) mass is 248 g/mol. The van der Waals surface area contributed by atoms with E-state index in [4.69, 9.17) is 5.73 Å². The molecule has 2 heterocycles. The van der Waals surface area contributed by atoms with Gasteiger partial charge in [0, 0.05) is 10.9 Å². The number of rotatable bonds is 2. The highest BCUT2D eigenvalue weighted by atomic mass is 32.1. The fourth-order valence-electron chi connectivity index (χ4n) is 1.63. The number of halogens is 1. The van der Waals surface area contributed by atoms with Crippen LogP contribution in [0.3, 0.4) is 0 Å². The van der Waals surface area contributed by atoms with Crippen LogP contribution in [0, 0.1) is 5.82 Å². The van der Waals surface area contributed by atoms with Crippen LogP contribution in [0.1, 0.15) is 5.82 Å². The van der Waals surface area contributed by atoms with Crippen molar-refractivity contribution >= 4 is 16.3 Å². The molecule has 17 heavy (non-hydrogen) atoms. The van der Waals surface area contributed by atoms with E-state index < -0.39 is 0 Å². The summed E-state index contributed by atoms with van der Waals surface area (Å²) in [5.74, 6) is 0.363.